The summed E-state index contributed by atoms with van der Waals surface area (Å²) in [5.74, 6) is -0.176. The van der Waals surface area contributed by atoms with Crippen molar-refractivity contribution in [2.45, 2.75) is 81.5 Å². The van der Waals surface area contributed by atoms with E-state index in [0.717, 1.165) is 32.4 Å². The van der Waals surface area contributed by atoms with Gasteiger partial charge in [0.15, 0.2) is 0 Å². The highest BCUT2D eigenvalue weighted by atomic mass is 16.5. The monoisotopic (exact) mass is 393 g/mol. The normalized spacial score (nSPS) is 67.0. The molecule has 6 aliphatic rings. The minimum atomic E-state index is -1.36. The number of hydrogen-bond donors (Lipinski definition) is 4. The predicted octanol–water partition coefficient (Wildman–Crippen LogP) is 0.366. The van der Waals surface area contributed by atoms with Gasteiger partial charge in [-0.15, -0.1) is 0 Å². The van der Waals surface area contributed by atoms with Crippen molar-refractivity contribution >= 4 is 0 Å². The molecule has 1 saturated heterocycles. The average Bonchev–Trinajstić information content (AvgIpc) is 3.05. The largest absolute Gasteiger partial charge is 0.392 e. The molecule has 1 aliphatic heterocycles. The SMILES string of the molecule is CCN1C[C@]2(C)CC[C@H](O)[C@@]34[C@@H]5C[C@H]6[C@H](O)[C@@H]5[C@](O)(C[C@H]6OC)[C@@](O)(C[C@H]23)[C@@H]14. The molecule has 0 radical (unpaired) electrons. The highest BCUT2D eigenvalue weighted by Crippen LogP contribution is 2.79. The number of ether oxygens (including phenoxy) is 1. The molecule has 6 fully saturated rings. The number of likely N-dealkylation sites (N-methyl/N-ethyl adjacent to an activating group) is 1. The van der Waals surface area contributed by atoms with Crippen LogP contribution in [-0.4, -0.2) is 81.1 Å². The first-order valence-corrected chi connectivity index (χ1v) is 11.3. The maximum absolute atomic E-state index is 12.3. The zero-order valence-corrected chi connectivity index (χ0v) is 17.2. The van der Waals surface area contributed by atoms with Gasteiger partial charge in [-0.05, 0) is 49.5 Å². The van der Waals surface area contributed by atoms with E-state index >= 15 is 0 Å². The van der Waals surface area contributed by atoms with Crippen molar-refractivity contribution < 1.29 is 25.2 Å². The van der Waals surface area contributed by atoms with Crippen LogP contribution in [0.15, 0.2) is 0 Å². The van der Waals surface area contributed by atoms with Crippen molar-refractivity contribution in [3.63, 3.8) is 0 Å². The van der Waals surface area contributed by atoms with Gasteiger partial charge in [0.1, 0.15) is 11.2 Å². The zero-order chi connectivity index (χ0) is 19.9. The van der Waals surface area contributed by atoms with Gasteiger partial charge < -0.3 is 25.2 Å². The summed E-state index contributed by atoms with van der Waals surface area (Å²) in [4.78, 5) is 2.36. The molecule has 0 aromatic rings. The van der Waals surface area contributed by atoms with Crippen LogP contribution in [0.3, 0.4) is 0 Å². The molecule has 7 bridgehead atoms. The Morgan fingerprint density at radius 2 is 1.89 bits per heavy atom. The number of likely N-dealkylation sites (tertiary alicyclic amines) is 1. The Bertz CT molecular complexity index is 719. The van der Waals surface area contributed by atoms with Crippen LogP contribution in [0.25, 0.3) is 0 Å². The van der Waals surface area contributed by atoms with Crippen molar-refractivity contribution in [3.8, 4) is 0 Å². The van der Waals surface area contributed by atoms with E-state index in [1.807, 2.05) is 0 Å². The number of piperidine rings is 1. The standard InChI is InChI=1S/C22H35NO5/c1-4-23-10-19(2)6-5-15(24)22-12-7-11-13(28-3)8-20(26,16(12)17(11)25)21(27,18(22)23)9-14(19)22/h11-18,24-27H,4-10H2,1-3H3/t11-,12-,13-,14-,15+,16-,17+,18-,19+,20-,21-,22-/m1/s1. The van der Waals surface area contributed by atoms with E-state index in [2.05, 4.69) is 18.7 Å². The van der Waals surface area contributed by atoms with Crippen LogP contribution in [0.4, 0.5) is 0 Å². The summed E-state index contributed by atoms with van der Waals surface area (Å²) < 4.78 is 5.72. The van der Waals surface area contributed by atoms with E-state index in [1.54, 1.807) is 7.11 Å². The van der Waals surface area contributed by atoms with Crippen molar-refractivity contribution in [3.05, 3.63) is 0 Å². The fraction of sp³-hybridized carbons (Fsp3) is 1.00. The average molecular weight is 394 g/mol. The van der Waals surface area contributed by atoms with Crippen LogP contribution in [0.2, 0.25) is 0 Å². The number of methoxy groups -OCH3 is 1. The fourth-order valence-electron chi connectivity index (χ4n) is 10.0. The van der Waals surface area contributed by atoms with Gasteiger partial charge in [0.25, 0.3) is 0 Å². The Hall–Kier alpha value is -0.240. The molecule has 28 heavy (non-hydrogen) atoms. The summed E-state index contributed by atoms with van der Waals surface area (Å²) in [6.45, 7) is 6.18. The summed E-state index contributed by atoms with van der Waals surface area (Å²) in [7, 11) is 1.65. The Labute approximate surface area is 166 Å². The van der Waals surface area contributed by atoms with E-state index in [0.29, 0.717) is 12.8 Å². The van der Waals surface area contributed by atoms with E-state index < -0.39 is 28.8 Å². The van der Waals surface area contributed by atoms with Crippen LogP contribution < -0.4 is 0 Å². The van der Waals surface area contributed by atoms with Gasteiger partial charge in [0, 0.05) is 43.4 Å². The van der Waals surface area contributed by atoms with Gasteiger partial charge >= 0.3 is 0 Å². The van der Waals surface area contributed by atoms with E-state index in [4.69, 9.17) is 4.74 Å². The number of aliphatic hydroxyl groups is 4. The molecule has 6 rings (SSSR count). The maximum atomic E-state index is 12.3. The number of hydrogen-bond acceptors (Lipinski definition) is 6. The van der Waals surface area contributed by atoms with E-state index in [1.165, 1.54) is 0 Å². The molecule has 5 saturated carbocycles. The quantitative estimate of drug-likeness (QED) is 0.542. The highest BCUT2D eigenvalue weighted by Gasteiger charge is 2.87. The minimum absolute atomic E-state index is 0.0196. The van der Waals surface area contributed by atoms with Gasteiger partial charge in [-0.2, -0.15) is 0 Å². The summed E-state index contributed by atoms with van der Waals surface area (Å²) >= 11 is 0. The first-order valence-electron chi connectivity index (χ1n) is 11.3. The number of rotatable bonds is 2. The summed E-state index contributed by atoms with van der Waals surface area (Å²) in [5, 5.41) is 47.3. The lowest BCUT2D eigenvalue weighted by Crippen LogP contribution is -2.81. The number of aliphatic hydroxyl groups excluding tert-OH is 2. The lowest BCUT2D eigenvalue weighted by molar-refractivity contribution is -0.310. The molecular formula is C22H35NO5. The van der Waals surface area contributed by atoms with Crippen molar-refractivity contribution in [1.82, 2.24) is 4.90 Å². The third-order valence-electron chi connectivity index (χ3n) is 10.8. The number of nitrogens with zero attached hydrogens (tertiary/aromatic N) is 1. The van der Waals surface area contributed by atoms with Crippen LogP contribution >= 0.6 is 0 Å². The highest BCUT2D eigenvalue weighted by molar-refractivity contribution is 5.38. The summed E-state index contributed by atoms with van der Waals surface area (Å²) in [6, 6.07) is -0.244. The zero-order valence-electron chi connectivity index (χ0n) is 17.2. The molecule has 158 valence electrons. The lowest BCUT2D eigenvalue weighted by atomic mass is 9.43. The molecule has 0 aromatic carbocycles. The Morgan fingerprint density at radius 3 is 2.57 bits per heavy atom. The smallest absolute Gasteiger partial charge is 0.110 e. The molecular weight excluding hydrogens is 358 g/mol. The van der Waals surface area contributed by atoms with Crippen molar-refractivity contribution in [2.24, 2.45) is 34.5 Å². The molecule has 0 aromatic heterocycles. The van der Waals surface area contributed by atoms with Gasteiger partial charge in [-0.25, -0.2) is 0 Å². The molecule has 6 heteroatoms. The second-order valence-corrected chi connectivity index (χ2v) is 11.3. The van der Waals surface area contributed by atoms with Crippen LogP contribution in [-0.2, 0) is 4.74 Å². The van der Waals surface area contributed by atoms with Gasteiger partial charge in [-0.1, -0.05) is 13.8 Å². The molecule has 5 aliphatic carbocycles. The Kier molecular flexibility index (Phi) is 3.40. The molecule has 6 nitrogen and oxygen atoms in total. The van der Waals surface area contributed by atoms with Crippen molar-refractivity contribution in [2.75, 3.05) is 20.2 Å². The Morgan fingerprint density at radius 1 is 1.14 bits per heavy atom. The van der Waals surface area contributed by atoms with E-state index in [9.17, 15) is 20.4 Å². The first-order chi connectivity index (χ1) is 13.2. The van der Waals surface area contributed by atoms with Gasteiger partial charge in [-0.3, -0.25) is 4.90 Å². The van der Waals surface area contributed by atoms with E-state index in [-0.39, 0.29) is 41.2 Å². The van der Waals surface area contributed by atoms with Gasteiger partial charge in [0.2, 0.25) is 0 Å². The molecule has 12 atom stereocenters. The van der Waals surface area contributed by atoms with Gasteiger partial charge in [0.05, 0.1) is 18.3 Å². The van der Waals surface area contributed by atoms with Crippen LogP contribution in [0, 0.1) is 34.5 Å². The second kappa shape index (κ2) is 5.14. The molecule has 0 amide bonds. The van der Waals surface area contributed by atoms with Crippen LogP contribution in [0.5, 0.6) is 0 Å². The topological polar surface area (TPSA) is 93.4 Å². The summed E-state index contributed by atoms with van der Waals surface area (Å²) in [6.07, 6.45) is 2.00. The number of fused-ring (bicyclic) bond motifs is 2. The molecule has 1 spiro atoms. The van der Waals surface area contributed by atoms with Crippen molar-refractivity contribution in [1.29, 1.82) is 0 Å². The molecule has 4 N–H and O–H groups in total. The molecule has 0 unspecified atom stereocenters. The lowest BCUT2D eigenvalue weighted by Gasteiger charge is -2.69. The maximum Gasteiger partial charge on any atom is 0.110 e. The summed E-state index contributed by atoms with van der Waals surface area (Å²) in [5.41, 5.74) is -3.08. The first kappa shape index (κ1) is 18.5. The predicted molar refractivity (Wildman–Crippen MR) is 101 cm³/mol. The third-order valence-corrected chi connectivity index (χ3v) is 10.8. The molecule has 1 heterocycles. The second-order valence-electron chi connectivity index (χ2n) is 11.3. The Balaban J connectivity index is 1.64. The third kappa shape index (κ3) is 1.59. The fourth-order valence-corrected chi connectivity index (χ4v) is 10.0. The van der Waals surface area contributed by atoms with Crippen LogP contribution in [0.1, 0.15) is 46.0 Å². The minimum Gasteiger partial charge on any atom is -0.392 e.